The molecule has 5 heteroatoms. The Balaban J connectivity index is 3.25. The Morgan fingerprint density at radius 1 is 1.50 bits per heavy atom. The third-order valence-electron chi connectivity index (χ3n) is 1.31. The highest BCUT2D eigenvalue weighted by molar-refractivity contribution is 7.99. The second kappa shape index (κ2) is 6.28. The molecule has 2 atom stereocenters. The molecule has 0 spiro atoms. The minimum atomic E-state index is -0.839. The first kappa shape index (κ1) is 11.7. The molecular weight excluding hydrogens is 180 g/mol. The lowest BCUT2D eigenvalue weighted by atomic mass is 10.3. The van der Waals surface area contributed by atoms with Gasteiger partial charge in [0, 0.05) is 11.5 Å². The molecule has 0 aliphatic carbocycles. The molecule has 0 bridgehead atoms. The average molecular weight is 194 g/mol. The summed E-state index contributed by atoms with van der Waals surface area (Å²) in [7, 11) is 0. The van der Waals surface area contributed by atoms with Crippen molar-refractivity contribution in [1.29, 1.82) is 0 Å². The van der Waals surface area contributed by atoms with Crippen LogP contribution in [0.3, 0.4) is 0 Å². The van der Waals surface area contributed by atoms with Crippen LogP contribution in [0.2, 0.25) is 0 Å². The van der Waals surface area contributed by atoms with Gasteiger partial charge in [-0.15, -0.1) is 0 Å². The summed E-state index contributed by atoms with van der Waals surface area (Å²) in [5, 5.41) is 26.2. The van der Waals surface area contributed by atoms with Crippen LogP contribution in [0, 0.1) is 0 Å². The number of aliphatic hydroxyl groups is 2. The molecule has 3 N–H and O–H groups in total. The molecule has 0 amide bonds. The molecule has 12 heavy (non-hydrogen) atoms. The van der Waals surface area contributed by atoms with Crippen LogP contribution < -0.4 is 0 Å². The van der Waals surface area contributed by atoms with Crippen LogP contribution in [0.5, 0.6) is 0 Å². The average Bonchev–Trinajstić information content (AvgIpc) is 1.97. The van der Waals surface area contributed by atoms with E-state index < -0.39 is 18.2 Å². The Labute approximate surface area is 75.6 Å². The van der Waals surface area contributed by atoms with Gasteiger partial charge in [-0.25, -0.2) is 0 Å². The fraction of sp³-hybridized carbons (Fsp3) is 0.857. The van der Waals surface area contributed by atoms with Crippen molar-refractivity contribution >= 4 is 17.7 Å². The lowest BCUT2D eigenvalue weighted by Gasteiger charge is -2.11. The van der Waals surface area contributed by atoms with Gasteiger partial charge in [0.2, 0.25) is 0 Å². The van der Waals surface area contributed by atoms with Crippen molar-refractivity contribution in [3.63, 3.8) is 0 Å². The molecule has 0 saturated carbocycles. The molecule has 4 nitrogen and oxygen atoms in total. The first-order valence-electron chi connectivity index (χ1n) is 3.69. The van der Waals surface area contributed by atoms with E-state index in [2.05, 4.69) is 0 Å². The van der Waals surface area contributed by atoms with E-state index in [0.717, 1.165) is 0 Å². The topological polar surface area (TPSA) is 77.8 Å². The van der Waals surface area contributed by atoms with E-state index in [0.29, 0.717) is 11.5 Å². The van der Waals surface area contributed by atoms with Crippen molar-refractivity contribution in [2.45, 2.75) is 25.6 Å². The number of hydrogen-bond donors (Lipinski definition) is 3. The van der Waals surface area contributed by atoms with E-state index in [9.17, 15) is 4.79 Å². The van der Waals surface area contributed by atoms with Crippen molar-refractivity contribution < 1.29 is 20.1 Å². The summed E-state index contributed by atoms with van der Waals surface area (Å²) in [6.45, 7) is 1.50. The number of carboxylic acids is 1. The number of hydrogen-bond acceptors (Lipinski definition) is 4. The van der Waals surface area contributed by atoms with Crippen molar-refractivity contribution in [2.24, 2.45) is 0 Å². The Morgan fingerprint density at radius 3 is 2.50 bits per heavy atom. The molecular formula is C7H14O4S. The molecule has 0 fully saturated rings. The van der Waals surface area contributed by atoms with Gasteiger partial charge in [-0.3, -0.25) is 4.79 Å². The Bertz CT molecular complexity index is 137. The highest BCUT2D eigenvalue weighted by Crippen LogP contribution is 2.07. The molecule has 0 rings (SSSR count). The van der Waals surface area contributed by atoms with Crippen molar-refractivity contribution in [3.05, 3.63) is 0 Å². The summed E-state index contributed by atoms with van der Waals surface area (Å²) in [6.07, 6.45) is -1.41. The van der Waals surface area contributed by atoms with Crippen LogP contribution in [0.15, 0.2) is 0 Å². The van der Waals surface area contributed by atoms with Crippen LogP contribution in [-0.4, -0.2) is 45.0 Å². The minimum Gasteiger partial charge on any atom is -0.481 e. The Hall–Kier alpha value is -0.260. The van der Waals surface area contributed by atoms with Gasteiger partial charge in [0.25, 0.3) is 0 Å². The lowest BCUT2D eigenvalue weighted by Crippen LogP contribution is -2.25. The zero-order chi connectivity index (χ0) is 9.56. The summed E-state index contributed by atoms with van der Waals surface area (Å²) in [5.74, 6) is 0.0124. The first-order valence-corrected chi connectivity index (χ1v) is 4.85. The summed E-state index contributed by atoms with van der Waals surface area (Å²) in [4.78, 5) is 10.1. The van der Waals surface area contributed by atoms with E-state index in [1.54, 1.807) is 0 Å². The van der Waals surface area contributed by atoms with Gasteiger partial charge < -0.3 is 15.3 Å². The normalized spacial score (nSPS) is 15.6. The molecule has 0 saturated heterocycles. The van der Waals surface area contributed by atoms with E-state index >= 15 is 0 Å². The fourth-order valence-corrected chi connectivity index (χ4v) is 1.51. The minimum absolute atomic E-state index is 0.0944. The second-order valence-electron chi connectivity index (χ2n) is 2.53. The third-order valence-corrected chi connectivity index (χ3v) is 2.38. The van der Waals surface area contributed by atoms with Crippen molar-refractivity contribution in [3.8, 4) is 0 Å². The number of carbonyl (C=O) groups is 1. The van der Waals surface area contributed by atoms with Crippen molar-refractivity contribution in [2.75, 3.05) is 11.5 Å². The van der Waals surface area contributed by atoms with E-state index in [1.165, 1.54) is 18.7 Å². The van der Waals surface area contributed by atoms with Crippen molar-refractivity contribution in [1.82, 2.24) is 0 Å². The quantitative estimate of drug-likeness (QED) is 0.516. The van der Waals surface area contributed by atoms with E-state index in [-0.39, 0.29) is 6.42 Å². The number of aliphatic carboxylic acids is 1. The zero-order valence-corrected chi connectivity index (χ0v) is 7.75. The maximum Gasteiger partial charge on any atom is 0.304 e. The van der Waals surface area contributed by atoms with Gasteiger partial charge >= 0.3 is 5.97 Å². The molecule has 0 aliphatic heterocycles. The predicted octanol–water partition coefficient (Wildman–Crippen LogP) is -0.0640. The Kier molecular flexibility index (Phi) is 6.14. The van der Waals surface area contributed by atoms with Gasteiger partial charge in [0.1, 0.15) is 0 Å². The van der Waals surface area contributed by atoms with Gasteiger partial charge in [-0.05, 0) is 6.92 Å². The fourth-order valence-electron chi connectivity index (χ4n) is 0.503. The third kappa shape index (κ3) is 6.45. The van der Waals surface area contributed by atoms with E-state index in [4.69, 9.17) is 15.3 Å². The predicted molar refractivity (Wildman–Crippen MR) is 47.3 cm³/mol. The molecule has 0 radical (unpaired) electrons. The maximum atomic E-state index is 10.1. The number of aliphatic hydroxyl groups excluding tert-OH is 2. The first-order chi connectivity index (χ1) is 5.54. The van der Waals surface area contributed by atoms with Crippen LogP contribution in [0.25, 0.3) is 0 Å². The summed E-state index contributed by atoms with van der Waals surface area (Å²) < 4.78 is 0. The lowest BCUT2D eigenvalue weighted by molar-refractivity contribution is -0.136. The van der Waals surface area contributed by atoms with Crippen LogP contribution in [-0.2, 0) is 4.79 Å². The standard InChI is InChI=1S/C7H14O4S/c1-5(8)6(9)4-12-3-2-7(10)11/h5-6,8-9H,2-4H2,1H3,(H,10,11). The van der Waals surface area contributed by atoms with Crippen LogP contribution in [0.4, 0.5) is 0 Å². The highest BCUT2D eigenvalue weighted by Gasteiger charge is 2.10. The van der Waals surface area contributed by atoms with Gasteiger partial charge in [-0.2, -0.15) is 11.8 Å². The summed E-state index contributed by atoms with van der Waals surface area (Å²) in [5.41, 5.74) is 0. The van der Waals surface area contributed by atoms with E-state index in [1.807, 2.05) is 0 Å². The SMILES string of the molecule is CC(O)C(O)CSCCC(=O)O. The molecule has 0 aromatic heterocycles. The largest absolute Gasteiger partial charge is 0.481 e. The number of rotatable bonds is 6. The Morgan fingerprint density at radius 2 is 2.08 bits per heavy atom. The molecule has 0 aromatic rings. The van der Waals surface area contributed by atoms with Gasteiger partial charge in [-0.1, -0.05) is 0 Å². The molecule has 0 aromatic carbocycles. The number of carboxylic acid groups (broad SMARTS) is 1. The number of thioether (sulfide) groups is 1. The molecule has 0 heterocycles. The van der Waals surface area contributed by atoms with Crippen LogP contribution in [0.1, 0.15) is 13.3 Å². The highest BCUT2D eigenvalue weighted by atomic mass is 32.2. The maximum absolute atomic E-state index is 10.1. The molecule has 0 aliphatic rings. The van der Waals surface area contributed by atoms with Gasteiger partial charge in [0.15, 0.2) is 0 Å². The monoisotopic (exact) mass is 194 g/mol. The van der Waals surface area contributed by atoms with Crippen LogP contribution >= 0.6 is 11.8 Å². The summed E-state index contributed by atoms with van der Waals surface area (Å²) in [6, 6.07) is 0. The molecule has 72 valence electrons. The zero-order valence-electron chi connectivity index (χ0n) is 6.93. The molecule has 2 unspecified atom stereocenters. The summed E-state index contributed by atoms with van der Waals surface area (Å²) >= 11 is 1.33. The smallest absolute Gasteiger partial charge is 0.304 e. The van der Waals surface area contributed by atoms with Gasteiger partial charge in [0.05, 0.1) is 18.6 Å². The second-order valence-corrected chi connectivity index (χ2v) is 3.68.